The first-order valence-electron chi connectivity index (χ1n) is 18.2. The summed E-state index contributed by atoms with van der Waals surface area (Å²) in [5.74, 6) is -1.44. The predicted molar refractivity (Wildman–Crippen MR) is 211 cm³/mol. The molecule has 1 aromatic rings. The smallest absolute Gasteiger partial charge is 0.407 e. The molecule has 1 aliphatic heterocycles. The molecule has 2 rings (SSSR count). The first kappa shape index (κ1) is 44.6. The molecule has 10 heteroatoms. The zero-order chi connectivity index (χ0) is 39.1. The van der Waals surface area contributed by atoms with Crippen LogP contribution in [0.3, 0.4) is 0 Å². The Morgan fingerprint density at radius 1 is 0.962 bits per heavy atom. The molecule has 9 nitrogen and oxygen atoms in total. The number of cyclic esters (lactones) is 1. The van der Waals surface area contributed by atoms with Gasteiger partial charge in [-0.25, -0.2) is 9.78 Å². The highest BCUT2D eigenvalue weighted by atomic mass is 32.1. The number of carbonyl (C=O) groups excluding carboxylic acids is 2. The van der Waals surface area contributed by atoms with Crippen molar-refractivity contribution in [1.82, 2.24) is 10.3 Å². The molecule has 0 unspecified atom stereocenters. The Bertz CT molecular complexity index is 1530. The summed E-state index contributed by atoms with van der Waals surface area (Å²) in [5.41, 5.74) is 4.28. The fourth-order valence-corrected chi connectivity index (χ4v) is 6.77. The van der Waals surface area contributed by atoms with E-state index >= 15 is 0 Å². The minimum atomic E-state index is -0.757. The van der Waals surface area contributed by atoms with Crippen molar-refractivity contribution in [3.63, 3.8) is 0 Å². The molecule has 0 fully saturated rings. The summed E-state index contributed by atoms with van der Waals surface area (Å²) >= 11 is 1.37. The number of amides is 1. The summed E-state index contributed by atoms with van der Waals surface area (Å²) < 4.78 is 17.7. The number of rotatable bonds is 6. The number of carbonyl (C=O) groups is 2. The molecule has 288 valence electrons. The number of aliphatic hydroxyl groups excluding tert-OH is 2. The number of nitrogens with one attached hydrogen (secondary N) is 1. The number of ether oxygens (including phenoxy) is 3. The van der Waals surface area contributed by atoms with Crippen molar-refractivity contribution < 1.29 is 34.0 Å². The number of hydrogen-bond donors (Lipinski definition) is 3. The Kier molecular flexibility index (Phi) is 18.7. The Labute approximate surface area is 315 Å². The highest BCUT2D eigenvalue weighted by molar-refractivity contribution is 7.09. The quantitative estimate of drug-likeness (QED) is 0.247. The molecule has 3 N–H and O–H groups in total. The minimum absolute atomic E-state index is 0.160. The van der Waals surface area contributed by atoms with E-state index < -0.39 is 42.4 Å². The van der Waals surface area contributed by atoms with Gasteiger partial charge in [0.25, 0.3) is 0 Å². The molecule has 0 saturated carbocycles. The van der Waals surface area contributed by atoms with Crippen LogP contribution in [-0.2, 0) is 19.0 Å². The first-order chi connectivity index (χ1) is 24.5. The maximum Gasteiger partial charge on any atom is 0.407 e. The van der Waals surface area contributed by atoms with Crippen LogP contribution in [0.15, 0.2) is 88.4 Å². The summed E-state index contributed by atoms with van der Waals surface area (Å²) in [4.78, 5) is 30.6. The number of aliphatic hydroxyl groups is 2. The second kappa shape index (κ2) is 21.8. The molecule has 9 atom stereocenters. The Morgan fingerprint density at radius 2 is 1.63 bits per heavy atom. The van der Waals surface area contributed by atoms with E-state index in [4.69, 9.17) is 19.2 Å². The zero-order valence-corrected chi connectivity index (χ0v) is 33.9. The molecule has 0 radical (unpaired) electrons. The number of hydrogen-bond acceptors (Lipinski definition) is 9. The normalized spacial score (nSPS) is 34.0. The fraction of sp³-hybridized carbons (Fsp3) is 0.548. The highest BCUT2D eigenvalue weighted by Crippen LogP contribution is 2.34. The fourth-order valence-electron chi connectivity index (χ4n) is 5.88. The van der Waals surface area contributed by atoms with E-state index in [2.05, 4.69) is 19.2 Å². The summed E-state index contributed by atoms with van der Waals surface area (Å²) in [7, 11) is 3.15. The summed E-state index contributed by atoms with van der Waals surface area (Å²) in [6.07, 6.45) is 15.8. The van der Waals surface area contributed by atoms with Gasteiger partial charge < -0.3 is 29.7 Å². The van der Waals surface area contributed by atoms with Gasteiger partial charge in [0.05, 0.1) is 29.9 Å². The van der Waals surface area contributed by atoms with Gasteiger partial charge in [-0.05, 0) is 52.5 Å². The number of thiazole rings is 1. The largest absolute Gasteiger partial charge is 0.455 e. The number of nitrogens with zero attached hydrogens (tertiary/aromatic N) is 1. The van der Waals surface area contributed by atoms with Gasteiger partial charge in [-0.3, -0.25) is 4.79 Å². The lowest BCUT2D eigenvalue weighted by Crippen LogP contribution is -2.30. The van der Waals surface area contributed by atoms with Crippen LogP contribution >= 0.6 is 11.3 Å². The Hall–Kier alpha value is -3.57. The van der Waals surface area contributed by atoms with Gasteiger partial charge in [0.15, 0.2) is 12.2 Å². The molecule has 1 aromatic heterocycles. The second-order valence-corrected chi connectivity index (χ2v) is 15.4. The molecule has 1 amide bonds. The number of alkyl carbamates (subject to hydrolysis) is 1. The monoisotopic (exact) mass is 738 g/mol. The number of allylic oxidation sites excluding steroid dienone is 8. The van der Waals surface area contributed by atoms with Crippen molar-refractivity contribution in [3.05, 3.63) is 99.1 Å². The van der Waals surface area contributed by atoms with Crippen molar-refractivity contribution in [1.29, 1.82) is 0 Å². The highest BCUT2D eigenvalue weighted by Gasteiger charge is 2.29. The molecule has 0 aromatic carbocycles. The molecule has 0 saturated heterocycles. The molecule has 2 heterocycles. The maximum atomic E-state index is 13.6. The van der Waals surface area contributed by atoms with Crippen molar-refractivity contribution >= 4 is 23.4 Å². The summed E-state index contributed by atoms with van der Waals surface area (Å²) in [6, 6.07) is 0. The van der Waals surface area contributed by atoms with Crippen molar-refractivity contribution in [3.8, 4) is 0 Å². The van der Waals surface area contributed by atoms with Crippen LogP contribution in [-0.4, -0.2) is 59.7 Å². The van der Waals surface area contributed by atoms with Gasteiger partial charge in [0.2, 0.25) is 0 Å². The van der Waals surface area contributed by atoms with Crippen LogP contribution in [0, 0.1) is 29.6 Å². The van der Waals surface area contributed by atoms with E-state index in [9.17, 15) is 19.8 Å². The van der Waals surface area contributed by atoms with E-state index in [1.54, 1.807) is 32.3 Å². The van der Waals surface area contributed by atoms with Gasteiger partial charge in [-0.15, -0.1) is 11.3 Å². The van der Waals surface area contributed by atoms with Crippen LogP contribution in [0.2, 0.25) is 0 Å². The van der Waals surface area contributed by atoms with Crippen molar-refractivity contribution in [2.45, 2.75) is 106 Å². The van der Waals surface area contributed by atoms with Crippen LogP contribution in [0.5, 0.6) is 0 Å². The van der Waals surface area contributed by atoms with Gasteiger partial charge in [-0.1, -0.05) is 112 Å². The number of aromatic nitrogens is 1. The lowest BCUT2D eigenvalue weighted by molar-refractivity contribution is -0.154. The summed E-state index contributed by atoms with van der Waals surface area (Å²) in [5, 5.41) is 27.0. The lowest BCUT2D eigenvalue weighted by atomic mass is 9.91. The predicted octanol–water partition coefficient (Wildman–Crippen LogP) is 8.92. The van der Waals surface area contributed by atoms with Crippen LogP contribution < -0.4 is 5.32 Å². The average Bonchev–Trinajstić information content (AvgIpc) is 3.57. The number of esters is 1. The van der Waals surface area contributed by atoms with Gasteiger partial charge >= 0.3 is 12.1 Å². The summed E-state index contributed by atoms with van der Waals surface area (Å²) in [6.45, 7) is 19.5. The molecular weight excluding hydrogens is 677 g/mol. The maximum absolute atomic E-state index is 13.6. The van der Waals surface area contributed by atoms with Gasteiger partial charge in [-0.2, -0.15) is 0 Å². The van der Waals surface area contributed by atoms with Crippen LogP contribution in [0.1, 0.15) is 98.6 Å². The van der Waals surface area contributed by atoms with Gasteiger partial charge in [0.1, 0.15) is 5.01 Å². The average molecular weight is 739 g/mol. The van der Waals surface area contributed by atoms with E-state index in [-0.39, 0.29) is 29.8 Å². The SMILES string of the molecule is CNC(=O)O[C@@H](CC(C)C)c1nc([C@H]2OC(=O)[C@H](C)/C=C/C(C)=C/[C@@H](O)[C@@H](C)\C=C(C)/C=C(C)\C=C\[C@@H](O)[C@H](C)[C@H](OC)/C(C)=C/C=C/[C@@H]2C)cs1. The molecule has 0 spiro atoms. The van der Waals surface area contributed by atoms with Crippen molar-refractivity contribution in [2.24, 2.45) is 29.6 Å². The zero-order valence-electron chi connectivity index (χ0n) is 33.1. The third kappa shape index (κ3) is 14.5. The first-order valence-corrected chi connectivity index (χ1v) is 19.0. The standard InChI is InChI=1S/C42H62N2O7S/c1-25(2)20-37(50-42(48)43-11)40-44-34(24-52-40)39-30(7)15-13-14-29(6)38(49-12)33(10)35(45)19-17-26(3)21-28(5)22-32(9)36(46)23-27(4)16-18-31(8)41(47)51-39/h13-19,21-25,30-33,35-39,45-46H,20H2,1-12H3,(H,43,48)/b15-13+,18-16+,19-17+,26-21-,27-23+,28-22-,29-14+/t30-,31+,32-,33-,35+,36+,37-,38+,39-/m0/s1. The van der Waals surface area contributed by atoms with E-state index in [0.29, 0.717) is 17.1 Å². The lowest BCUT2D eigenvalue weighted by Gasteiger charge is -2.26. The molecule has 52 heavy (non-hydrogen) atoms. The Morgan fingerprint density at radius 3 is 2.27 bits per heavy atom. The number of methoxy groups -OCH3 is 1. The Balaban J connectivity index is 2.60. The third-order valence-corrected chi connectivity index (χ3v) is 9.94. The van der Waals surface area contributed by atoms with E-state index in [0.717, 1.165) is 22.3 Å². The van der Waals surface area contributed by atoms with E-state index in [1.807, 2.05) is 96.4 Å². The minimum Gasteiger partial charge on any atom is -0.455 e. The van der Waals surface area contributed by atoms with Crippen LogP contribution in [0.25, 0.3) is 0 Å². The second-order valence-electron chi connectivity index (χ2n) is 14.5. The van der Waals surface area contributed by atoms with Crippen LogP contribution in [0.4, 0.5) is 4.79 Å². The van der Waals surface area contributed by atoms with E-state index in [1.165, 1.54) is 18.4 Å². The van der Waals surface area contributed by atoms with Gasteiger partial charge in [0, 0.05) is 37.3 Å². The molecule has 0 aliphatic carbocycles. The topological polar surface area (TPSA) is 127 Å². The third-order valence-electron chi connectivity index (χ3n) is 8.99. The van der Waals surface area contributed by atoms with Crippen molar-refractivity contribution in [2.75, 3.05) is 14.2 Å². The molecular formula is C42H62N2O7S. The molecule has 0 bridgehead atoms. The molecule has 1 aliphatic rings.